The zero-order valence-corrected chi connectivity index (χ0v) is 16.8. The number of rotatable bonds is 5. The number of aryl methyl sites for hydroxylation is 1. The van der Waals surface area contributed by atoms with E-state index in [9.17, 15) is 4.79 Å². The second-order valence-corrected chi connectivity index (χ2v) is 7.10. The average Bonchev–Trinajstić information content (AvgIpc) is 2.74. The van der Waals surface area contributed by atoms with Crippen LogP contribution in [0.5, 0.6) is 11.5 Å². The van der Waals surface area contributed by atoms with Crippen molar-refractivity contribution in [2.24, 2.45) is 0 Å². The van der Waals surface area contributed by atoms with E-state index < -0.39 is 0 Å². The van der Waals surface area contributed by atoms with E-state index in [4.69, 9.17) is 25.5 Å². The van der Waals surface area contributed by atoms with Crippen LogP contribution in [0, 0.1) is 6.92 Å². The van der Waals surface area contributed by atoms with Crippen LogP contribution in [0.1, 0.15) is 11.1 Å². The second-order valence-electron chi connectivity index (χ2n) is 6.70. The monoisotopic (exact) mass is 406 g/mol. The molecule has 0 spiro atoms. The molecule has 5 heteroatoms. The average molecular weight is 407 g/mol. The van der Waals surface area contributed by atoms with Crippen molar-refractivity contribution in [1.82, 2.24) is 0 Å². The fraction of sp³-hybridized carbons (Fsp3) is 0.125. The van der Waals surface area contributed by atoms with Crippen LogP contribution in [0.3, 0.4) is 0 Å². The molecule has 0 saturated heterocycles. The van der Waals surface area contributed by atoms with Crippen LogP contribution in [0.2, 0.25) is 5.02 Å². The number of fused-ring (bicyclic) bond motifs is 1. The summed E-state index contributed by atoms with van der Waals surface area (Å²) in [5, 5.41) is 1.06. The molecule has 0 amide bonds. The summed E-state index contributed by atoms with van der Waals surface area (Å²) in [5.41, 5.74) is 2.82. The number of halogens is 1. The predicted octanol–water partition coefficient (Wildman–Crippen LogP) is 6.01. The van der Waals surface area contributed by atoms with E-state index in [2.05, 4.69) is 0 Å². The van der Waals surface area contributed by atoms with Crippen LogP contribution in [-0.2, 0) is 6.61 Å². The maximum atomic E-state index is 13.2. The van der Waals surface area contributed by atoms with Crippen molar-refractivity contribution in [1.29, 1.82) is 0 Å². The number of ether oxygens (including phenoxy) is 2. The number of hydrogen-bond acceptors (Lipinski definition) is 4. The number of methoxy groups -OCH3 is 1. The summed E-state index contributed by atoms with van der Waals surface area (Å²) in [7, 11) is 1.60. The smallest absolute Gasteiger partial charge is 0.235 e. The van der Waals surface area contributed by atoms with Gasteiger partial charge in [-0.3, -0.25) is 4.79 Å². The Hall–Kier alpha value is -3.24. The molecular weight excluding hydrogens is 388 g/mol. The molecule has 0 fully saturated rings. The molecule has 146 valence electrons. The van der Waals surface area contributed by atoms with Crippen LogP contribution in [0.25, 0.3) is 22.3 Å². The van der Waals surface area contributed by atoms with Crippen molar-refractivity contribution in [3.05, 3.63) is 93.1 Å². The van der Waals surface area contributed by atoms with Crippen LogP contribution in [0.15, 0.2) is 75.9 Å². The van der Waals surface area contributed by atoms with Gasteiger partial charge in [0.05, 0.1) is 12.5 Å². The molecule has 1 aromatic heterocycles. The molecule has 4 aromatic rings. The predicted molar refractivity (Wildman–Crippen MR) is 115 cm³/mol. The van der Waals surface area contributed by atoms with Crippen LogP contribution in [0.4, 0.5) is 0 Å². The first-order chi connectivity index (χ1) is 14.1. The summed E-state index contributed by atoms with van der Waals surface area (Å²) in [6.07, 6.45) is 0. The minimum atomic E-state index is -0.218. The summed E-state index contributed by atoms with van der Waals surface area (Å²) in [6, 6.07) is 20.2. The van der Waals surface area contributed by atoms with E-state index in [1.165, 1.54) is 0 Å². The standard InChI is InChI=1S/C24H19ClO4/c1-15-7-12-19-21(13-15)29-23(16-8-10-18(27-2)11-9-16)24(22(19)26)28-14-17-5-3-4-6-20(17)25/h3-13H,14H2,1-2H3. The van der Waals surface area contributed by atoms with E-state index in [0.717, 1.165) is 16.7 Å². The van der Waals surface area contributed by atoms with Crippen LogP contribution in [-0.4, -0.2) is 7.11 Å². The molecule has 0 N–H and O–H groups in total. The second kappa shape index (κ2) is 8.02. The number of benzene rings is 3. The van der Waals surface area contributed by atoms with Gasteiger partial charge in [-0.2, -0.15) is 0 Å². The molecule has 0 aliphatic carbocycles. The summed E-state index contributed by atoms with van der Waals surface area (Å²) in [5.74, 6) is 1.25. The third kappa shape index (κ3) is 3.84. The quantitative estimate of drug-likeness (QED) is 0.407. The summed E-state index contributed by atoms with van der Waals surface area (Å²) in [6.45, 7) is 2.11. The lowest BCUT2D eigenvalue weighted by Gasteiger charge is -2.13. The van der Waals surface area contributed by atoms with E-state index >= 15 is 0 Å². The van der Waals surface area contributed by atoms with Crippen molar-refractivity contribution >= 4 is 22.6 Å². The van der Waals surface area contributed by atoms with Crippen molar-refractivity contribution < 1.29 is 13.9 Å². The minimum absolute atomic E-state index is 0.158. The maximum Gasteiger partial charge on any atom is 0.235 e. The Morgan fingerprint density at radius 2 is 1.76 bits per heavy atom. The van der Waals surface area contributed by atoms with Crippen molar-refractivity contribution in [2.75, 3.05) is 7.11 Å². The number of hydrogen-bond donors (Lipinski definition) is 0. The summed E-state index contributed by atoms with van der Waals surface area (Å²) < 4.78 is 17.3. The highest BCUT2D eigenvalue weighted by Crippen LogP contribution is 2.33. The van der Waals surface area contributed by atoms with Gasteiger partial charge in [0.1, 0.15) is 17.9 Å². The fourth-order valence-corrected chi connectivity index (χ4v) is 3.30. The minimum Gasteiger partial charge on any atom is -0.497 e. The Labute approximate surface area is 173 Å². The molecule has 4 rings (SSSR count). The molecule has 0 unspecified atom stereocenters. The van der Waals surface area contributed by atoms with Crippen molar-refractivity contribution in [2.45, 2.75) is 13.5 Å². The van der Waals surface area contributed by atoms with Gasteiger partial charge in [-0.1, -0.05) is 35.9 Å². The van der Waals surface area contributed by atoms with Gasteiger partial charge in [0, 0.05) is 16.1 Å². The molecule has 4 nitrogen and oxygen atoms in total. The highest BCUT2D eigenvalue weighted by atomic mass is 35.5. The molecule has 0 bridgehead atoms. The van der Waals surface area contributed by atoms with E-state index in [1.807, 2.05) is 61.5 Å². The van der Waals surface area contributed by atoms with E-state index in [1.54, 1.807) is 19.2 Å². The zero-order valence-electron chi connectivity index (χ0n) is 16.1. The van der Waals surface area contributed by atoms with Gasteiger partial charge in [-0.25, -0.2) is 0 Å². The first kappa shape index (κ1) is 19.1. The summed E-state index contributed by atoms with van der Waals surface area (Å²) >= 11 is 6.24. The van der Waals surface area contributed by atoms with Gasteiger partial charge in [-0.15, -0.1) is 0 Å². The van der Waals surface area contributed by atoms with Crippen molar-refractivity contribution in [3.63, 3.8) is 0 Å². The molecule has 29 heavy (non-hydrogen) atoms. The lowest BCUT2D eigenvalue weighted by molar-refractivity contribution is 0.298. The van der Waals surface area contributed by atoms with Gasteiger partial charge >= 0.3 is 0 Å². The lowest BCUT2D eigenvalue weighted by atomic mass is 10.1. The maximum absolute atomic E-state index is 13.2. The van der Waals surface area contributed by atoms with Crippen LogP contribution < -0.4 is 14.9 Å². The third-order valence-corrected chi connectivity index (χ3v) is 5.06. The first-order valence-corrected chi connectivity index (χ1v) is 9.52. The van der Waals surface area contributed by atoms with Crippen LogP contribution >= 0.6 is 11.6 Å². The highest BCUT2D eigenvalue weighted by Gasteiger charge is 2.18. The Bertz CT molecular complexity index is 1230. The van der Waals surface area contributed by atoms with Gasteiger partial charge in [0.25, 0.3) is 0 Å². The lowest BCUT2D eigenvalue weighted by Crippen LogP contribution is -2.10. The topological polar surface area (TPSA) is 48.7 Å². The molecule has 0 aliphatic heterocycles. The van der Waals surface area contributed by atoms with E-state index in [0.29, 0.717) is 27.5 Å². The Balaban J connectivity index is 1.85. The van der Waals surface area contributed by atoms with Gasteiger partial charge in [0.15, 0.2) is 5.76 Å². The van der Waals surface area contributed by atoms with Gasteiger partial charge < -0.3 is 13.9 Å². The first-order valence-electron chi connectivity index (χ1n) is 9.15. The Morgan fingerprint density at radius 1 is 1.00 bits per heavy atom. The molecule has 0 radical (unpaired) electrons. The fourth-order valence-electron chi connectivity index (χ4n) is 3.11. The highest BCUT2D eigenvalue weighted by molar-refractivity contribution is 6.31. The molecular formula is C24H19ClO4. The molecule has 0 aliphatic rings. The SMILES string of the molecule is COc1ccc(-c2oc3cc(C)ccc3c(=O)c2OCc2ccccc2Cl)cc1. The van der Waals surface area contributed by atoms with E-state index in [-0.39, 0.29) is 17.8 Å². The van der Waals surface area contributed by atoms with Crippen molar-refractivity contribution in [3.8, 4) is 22.8 Å². The van der Waals surface area contributed by atoms with Gasteiger partial charge in [0.2, 0.25) is 11.2 Å². The zero-order chi connectivity index (χ0) is 20.4. The molecule has 1 heterocycles. The Kier molecular flexibility index (Phi) is 5.28. The third-order valence-electron chi connectivity index (χ3n) is 4.69. The van der Waals surface area contributed by atoms with Gasteiger partial charge in [-0.05, 0) is 55.0 Å². The molecule has 3 aromatic carbocycles. The summed E-state index contributed by atoms with van der Waals surface area (Å²) in [4.78, 5) is 13.2. The normalized spacial score (nSPS) is 10.9. The Morgan fingerprint density at radius 3 is 2.48 bits per heavy atom. The molecule has 0 atom stereocenters. The molecule has 0 saturated carbocycles. The largest absolute Gasteiger partial charge is 0.497 e.